The Bertz CT molecular complexity index is 1750. The van der Waals surface area contributed by atoms with E-state index in [0.717, 1.165) is 58.9 Å². The van der Waals surface area contributed by atoms with Crippen molar-refractivity contribution in [2.24, 2.45) is 11.8 Å². The second kappa shape index (κ2) is 16.6. The van der Waals surface area contributed by atoms with Gasteiger partial charge in [-0.25, -0.2) is 4.98 Å². The van der Waals surface area contributed by atoms with Gasteiger partial charge in [0.2, 0.25) is 0 Å². The van der Waals surface area contributed by atoms with Crippen LogP contribution in [-0.4, -0.2) is 20.9 Å². The average Bonchev–Trinajstić information content (AvgIpc) is 3.02. The molecule has 0 bridgehead atoms. The molecule has 0 saturated heterocycles. The third-order valence-electron chi connectivity index (χ3n) is 8.66. The SMILES string of the molecule is CCC(CC)C(=O)/C=C(\O)C(CC)CC.Cc1c[c-]c(-c2nccc3c2ccc2nc(-c4c(C)cccc4C)ccc23)cc1.[Ir]. The number of aromatic nitrogens is 2. The molecule has 3 aromatic carbocycles. The topological polar surface area (TPSA) is 63.1 Å². The summed E-state index contributed by atoms with van der Waals surface area (Å²) in [6, 6.07) is 26.6. The van der Waals surface area contributed by atoms with Crippen molar-refractivity contribution in [3.05, 3.63) is 108 Å². The molecule has 237 valence electrons. The molecule has 0 aliphatic carbocycles. The van der Waals surface area contributed by atoms with Crippen molar-refractivity contribution in [3.8, 4) is 22.5 Å². The van der Waals surface area contributed by atoms with E-state index in [1.165, 1.54) is 33.7 Å². The van der Waals surface area contributed by atoms with E-state index in [4.69, 9.17) is 4.98 Å². The number of carbonyl (C=O) groups excluding carboxylic acids is 1. The smallest absolute Gasteiger partial charge is 0.162 e. The Morgan fingerprint density at radius 1 is 0.800 bits per heavy atom. The normalized spacial score (nSPS) is 11.4. The number of fused-ring (bicyclic) bond motifs is 3. The van der Waals surface area contributed by atoms with Crippen molar-refractivity contribution < 1.29 is 30.0 Å². The number of ketones is 1. The van der Waals surface area contributed by atoms with E-state index in [1.807, 2.05) is 40.0 Å². The molecule has 5 aromatic rings. The van der Waals surface area contributed by atoms with Crippen LogP contribution in [0.15, 0.2) is 84.8 Å². The minimum Gasteiger partial charge on any atom is -0.512 e. The zero-order valence-electron chi connectivity index (χ0n) is 27.6. The molecule has 2 aromatic heterocycles. The van der Waals surface area contributed by atoms with Crippen LogP contribution in [0.5, 0.6) is 0 Å². The molecule has 0 aliphatic rings. The first-order chi connectivity index (χ1) is 21.2. The number of nitrogens with zero attached hydrogens (tertiary/aromatic N) is 2. The van der Waals surface area contributed by atoms with Crippen molar-refractivity contribution in [2.45, 2.75) is 74.1 Å². The first-order valence-corrected chi connectivity index (χ1v) is 15.9. The Kier molecular flexibility index (Phi) is 13.2. The summed E-state index contributed by atoms with van der Waals surface area (Å²) < 4.78 is 0. The number of aliphatic hydroxyl groups is 1. The molecule has 0 fully saturated rings. The second-order valence-electron chi connectivity index (χ2n) is 11.6. The Morgan fingerprint density at radius 2 is 1.44 bits per heavy atom. The summed E-state index contributed by atoms with van der Waals surface area (Å²) in [5.41, 5.74) is 8.92. The Labute approximate surface area is 282 Å². The van der Waals surface area contributed by atoms with Crippen LogP contribution in [0.1, 0.15) is 70.1 Å². The minimum absolute atomic E-state index is 0. The summed E-state index contributed by atoms with van der Waals surface area (Å²) in [6.07, 6.45) is 6.79. The fourth-order valence-electron chi connectivity index (χ4n) is 5.87. The van der Waals surface area contributed by atoms with Crippen LogP contribution in [-0.2, 0) is 24.9 Å². The van der Waals surface area contributed by atoms with Gasteiger partial charge >= 0.3 is 0 Å². The third-order valence-corrected chi connectivity index (χ3v) is 8.66. The summed E-state index contributed by atoms with van der Waals surface area (Å²) in [6.45, 7) is 14.4. The van der Waals surface area contributed by atoms with Crippen molar-refractivity contribution in [1.82, 2.24) is 9.97 Å². The van der Waals surface area contributed by atoms with Gasteiger partial charge in [0, 0.05) is 55.2 Å². The number of benzene rings is 3. The van der Waals surface area contributed by atoms with E-state index in [9.17, 15) is 9.90 Å². The molecule has 0 saturated carbocycles. The largest absolute Gasteiger partial charge is 0.512 e. The van der Waals surface area contributed by atoms with E-state index < -0.39 is 0 Å². The van der Waals surface area contributed by atoms with Crippen LogP contribution in [0.4, 0.5) is 0 Å². The average molecular weight is 778 g/mol. The molecule has 0 spiro atoms. The van der Waals surface area contributed by atoms with Gasteiger partial charge in [0.25, 0.3) is 0 Å². The molecular weight excluding hydrogens is 733 g/mol. The number of pyridine rings is 2. The summed E-state index contributed by atoms with van der Waals surface area (Å²) in [5, 5.41) is 13.2. The maximum Gasteiger partial charge on any atom is 0.162 e. The van der Waals surface area contributed by atoms with Crippen molar-refractivity contribution in [3.63, 3.8) is 0 Å². The number of aryl methyl sites for hydroxylation is 3. The van der Waals surface area contributed by atoms with Gasteiger partial charge < -0.3 is 10.1 Å². The van der Waals surface area contributed by atoms with Gasteiger partial charge in [0.05, 0.1) is 17.0 Å². The fraction of sp³-hybridized carbons (Fsp3) is 0.325. The van der Waals surface area contributed by atoms with E-state index in [-0.39, 0.29) is 43.5 Å². The molecular formula is C40H45IrN2O2-. The molecule has 0 aliphatic heterocycles. The summed E-state index contributed by atoms with van der Waals surface area (Å²) >= 11 is 0. The van der Waals surface area contributed by atoms with Gasteiger partial charge in [-0.05, 0) is 85.3 Å². The van der Waals surface area contributed by atoms with Crippen molar-refractivity contribution >= 4 is 27.5 Å². The maximum absolute atomic E-state index is 11.7. The number of hydrogen-bond donors (Lipinski definition) is 1. The minimum atomic E-state index is 0. The number of rotatable bonds is 9. The molecule has 4 nitrogen and oxygen atoms in total. The molecule has 0 unspecified atom stereocenters. The van der Waals surface area contributed by atoms with Gasteiger partial charge in [-0.2, -0.15) is 0 Å². The first kappa shape index (κ1) is 35.8. The summed E-state index contributed by atoms with van der Waals surface area (Å²) in [4.78, 5) is 21.4. The van der Waals surface area contributed by atoms with Crippen LogP contribution in [0.25, 0.3) is 44.2 Å². The van der Waals surface area contributed by atoms with Crippen LogP contribution in [0.2, 0.25) is 0 Å². The van der Waals surface area contributed by atoms with Gasteiger partial charge in [-0.15, -0.1) is 35.4 Å². The quantitative estimate of drug-likeness (QED) is 0.0701. The van der Waals surface area contributed by atoms with Crippen LogP contribution < -0.4 is 0 Å². The van der Waals surface area contributed by atoms with Gasteiger partial charge in [0.15, 0.2) is 5.78 Å². The molecule has 0 amide bonds. The fourth-order valence-corrected chi connectivity index (χ4v) is 5.87. The van der Waals surface area contributed by atoms with E-state index in [0.29, 0.717) is 0 Å². The molecule has 0 atom stereocenters. The van der Waals surface area contributed by atoms with E-state index >= 15 is 0 Å². The zero-order chi connectivity index (χ0) is 31.8. The first-order valence-electron chi connectivity index (χ1n) is 15.9. The number of allylic oxidation sites excluding steroid dienone is 2. The van der Waals surface area contributed by atoms with Crippen LogP contribution >= 0.6 is 0 Å². The van der Waals surface area contributed by atoms with Crippen molar-refractivity contribution in [2.75, 3.05) is 0 Å². The third kappa shape index (κ3) is 8.34. The number of aliphatic hydroxyl groups excluding tert-OH is 1. The Morgan fingerprint density at radius 3 is 2.04 bits per heavy atom. The van der Waals surface area contributed by atoms with Gasteiger partial charge in [-0.3, -0.25) is 4.79 Å². The van der Waals surface area contributed by atoms with Gasteiger partial charge in [0.1, 0.15) is 0 Å². The predicted molar refractivity (Wildman–Crippen MR) is 185 cm³/mol. The van der Waals surface area contributed by atoms with Crippen LogP contribution in [0.3, 0.4) is 0 Å². The summed E-state index contributed by atoms with van der Waals surface area (Å²) in [5.74, 6) is 0.547. The number of carbonyl (C=O) groups is 1. The van der Waals surface area contributed by atoms with E-state index in [2.05, 4.69) is 92.5 Å². The molecule has 2 heterocycles. The molecule has 1 radical (unpaired) electrons. The second-order valence-corrected chi connectivity index (χ2v) is 11.6. The Balaban J connectivity index is 0.000000297. The zero-order valence-corrected chi connectivity index (χ0v) is 30.0. The summed E-state index contributed by atoms with van der Waals surface area (Å²) in [7, 11) is 0. The molecule has 45 heavy (non-hydrogen) atoms. The van der Waals surface area contributed by atoms with Gasteiger partial charge in [-0.1, -0.05) is 65.0 Å². The molecule has 5 heteroatoms. The molecule has 5 rings (SSSR count). The van der Waals surface area contributed by atoms with Crippen molar-refractivity contribution in [1.29, 1.82) is 0 Å². The number of hydrogen-bond acceptors (Lipinski definition) is 4. The maximum atomic E-state index is 11.7. The standard InChI is InChI=1S/C27H21N2.C13H24O2.Ir/c1-17-7-9-20(10-8-17)27-23-12-13-24-22(21(23)15-16-28-27)11-14-25(29-24)26-18(2)5-4-6-19(26)3;1-5-10(6-2)12(14)9-13(15)11(7-3)8-4;/h4-9,11-16H,1-3H3;9-11,14H,5-8H2,1-4H3;/q-1;;/b;12-9-;. The molecule has 1 N–H and O–H groups in total. The van der Waals surface area contributed by atoms with Crippen LogP contribution in [0, 0.1) is 38.7 Å². The Hall–Kier alpha value is -3.66. The predicted octanol–water partition coefficient (Wildman–Crippen LogP) is 10.7. The monoisotopic (exact) mass is 778 g/mol. The van der Waals surface area contributed by atoms with E-state index in [1.54, 1.807) is 0 Å².